The van der Waals surface area contributed by atoms with Gasteiger partial charge >= 0.3 is 0 Å². The third kappa shape index (κ3) is 3.28. The van der Waals surface area contributed by atoms with E-state index >= 15 is 0 Å². The monoisotopic (exact) mass is 397 g/mol. The second kappa shape index (κ2) is 8.33. The molecule has 2 amide bonds. The van der Waals surface area contributed by atoms with E-state index in [-0.39, 0.29) is 11.8 Å². The molecule has 1 aliphatic rings. The van der Waals surface area contributed by atoms with E-state index in [1.807, 2.05) is 78.6 Å². The van der Waals surface area contributed by atoms with E-state index in [2.05, 4.69) is 11.7 Å². The van der Waals surface area contributed by atoms with Crippen molar-refractivity contribution in [3.05, 3.63) is 83.9 Å². The molecule has 3 aromatic rings. The summed E-state index contributed by atoms with van der Waals surface area (Å²) in [6, 6.07) is 22.8. The topological polar surface area (TPSA) is 53.0 Å². The molecule has 5 nitrogen and oxygen atoms in total. The zero-order chi connectivity index (χ0) is 21.1. The van der Waals surface area contributed by atoms with E-state index in [4.69, 9.17) is 0 Å². The molecule has 1 aliphatic heterocycles. The summed E-state index contributed by atoms with van der Waals surface area (Å²) in [5.74, 6) is -0.475. The van der Waals surface area contributed by atoms with Crippen LogP contribution in [0, 0.1) is 0 Å². The van der Waals surface area contributed by atoms with Gasteiger partial charge in [0.05, 0.1) is 28.2 Å². The number of para-hydroxylation sites is 3. The van der Waals surface area contributed by atoms with Crippen molar-refractivity contribution >= 4 is 41.3 Å². The number of carbonyl (C=O) groups is 2. The van der Waals surface area contributed by atoms with Crippen molar-refractivity contribution in [2.24, 2.45) is 4.99 Å². The average Bonchev–Trinajstić information content (AvgIpc) is 3.04. The van der Waals surface area contributed by atoms with Crippen LogP contribution in [0.1, 0.15) is 40.5 Å². The Morgan fingerprint density at radius 1 is 0.867 bits per heavy atom. The minimum atomic E-state index is -0.246. The number of aliphatic imine (C=N–C) groups is 1. The second-order valence-electron chi connectivity index (χ2n) is 7.13. The van der Waals surface area contributed by atoms with Gasteiger partial charge in [-0.05, 0) is 49.5 Å². The number of nitrogens with zero attached hydrogens (tertiary/aromatic N) is 3. The van der Waals surface area contributed by atoms with Crippen molar-refractivity contribution in [2.45, 2.75) is 19.8 Å². The zero-order valence-electron chi connectivity index (χ0n) is 16.9. The van der Waals surface area contributed by atoms with Gasteiger partial charge in [-0.3, -0.25) is 19.5 Å². The first-order valence-electron chi connectivity index (χ1n) is 10.1. The van der Waals surface area contributed by atoms with Crippen molar-refractivity contribution in [3.63, 3.8) is 0 Å². The summed E-state index contributed by atoms with van der Waals surface area (Å²) < 4.78 is 0. The number of fused-ring (bicyclic) bond motifs is 1. The fourth-order valence-corrected chi connectivity index (χ4v) is 3.79. The van der Waals surface area contributed by atoms with Crippen LogP contribution in [0.3, 0.4) is 0 Å². The van der Waals surface area contributed by atoms with Gasteiger partial charge in [0, 0.05) is 12.2 Å². The number of unbranched alkanes of at least 4 members (excludes halogenated alkanes) is 1. The van der Waals surface area contributed by atoms with Gasteiger partial charge < -0.3 is 4.90 Å². The maximum atomic E-state index is 13.3. The molecule has 0 aliphatic carbocycles. The van der Waals surface area contributed by atoms with Crippen molar-refractivity contribution < 1.29 is 9.59 Å². The average molecular weight is 397 g/mol. The van der Waals surface area contributed by atoms with Crippen molar-refractivity contribution in [2.75, 3.05) is 11.4 Å². The zero-order valence-corrected chi connectivity index (χ0v) is 16.9. The molecule has 0 unspecified atom stereocenters. The molecule has 0 N–H and O–H groups in total. The van der Waals surface area contributed by atoms with Crippen molar-refractivity contribution in [3.8, 4) is 0 Å². The highest BCUT2D eigenvalue weighted by atomic mass is 16.2. The maximum absolute atomic E-state index is 13.3. The molecule has 4 rings (SSSR count). The summed E-state index contributed by atoms with van der Waals surface area (Å²) >= 11 is 0. The number of rotatable bonds is 7. The second-order valence-corrected chi connectivity index (χ2v) is 7.13. The number of carbonyl (C=O) groups excluding carboxylic acids is 2. The first kappa shape index (κ1) is 19.6. The van der Waals surface area contributed by atoms with E-state index in [0.29, 0.717) is 29.0 Å². The Labute approximate surface area is 176 Å². The van der Waals surface area contributed by atoms with Gasteiger partial charge in [-0.25, -0.2) is 0 Å². The van der Waals surface area contributed by atoms with Gasteiger partial charge in [0.1, 0.15) is 0 Å². The first-order valence-corrected chi connectivity index (χ1v) is 10.1. The van der Waals surface area contributed by atoms with Crippen LogP contribution in [0.25, 0.3) is 0 Å². The van der Waals surface area contributed by atoms with E-state index in [1.165, 1.54) is 4.90 Å². The van der Waals surface area contributed by atoms with Crippen LogP contribution >= 0.6 is 0 Å². The van der Waals surface area contributed by atoms with Crippen LogP contribution in [0.4, 0.5) is 22.7 Å². The van der Waals surface area contributed by atoms with Gasteiger partial charge in [-0.2, -0.15) is 0 Å². The minimum absolute atomic E-state index is 0.228. The predicted molar refractivity (Wildman–Crippen MR) is 121 cm³/mol. The lowest BCUT2D eigenvalue weighted by Gasteiger charge is -2.28. The number of anilines is 3. The first-order chi connectivity index (χ1) is 14.7. The molecule has 0 bridgehead atoms. The summed E-state index contributed by atoms with van der Waals surface area (Å²) in [5, 5.41) is 0. The van der Waals surface area contributed by atoms with Gasteiger partial charge in [0.2, 0.25) is 0 Å². The molecular weight excluding hydrogens is 374 g/mol. The van der Waals surface area contributed by atoms with Gasteiger partial charge in [0.15, 0.2) is 0 Å². The van der Waals surface area contributed by atoms with Gasteiger partial charge in [0.25, 0.3) is 11.8 Å². The van der Waals surface area contributed by atoms with Crippen LogP contribution in [0.2, 0.25) is 0 Å². The number of hydrogen-bond donors (Lipinski definition) is 0. The molecular formula is C25H23N3O2. The summed E-state index contributed by atoms with van der Waals surface area (Å²) in [4.78, 5) is 33.7. The molecule has 0 radical (unpaired) electrons. The predicted octanol–water partition coefficient (Wildman–Crippen LogP) is 5.88. The Bertz CT molecular complexity index is 1110. The lowest BCUT2D eigenvalue weighted by atomic mass is 10.0. The molecule has 0 aromatic heterocycles. The molecule has 0 spiro atoms. The Morgan fingerprint density at radius 3 is 2.30 bits per heavy atom. The van der Waals surface area contributed by atoms with Crippen LogP contribution in [0.5, 0.6) is 0 Å². The van der Waals surface area contributed by atoms with E-state index < -0.39 is 0 Å². The highest BCUT2D eigenvalue weighted by Crippen LogP contribution is 2.43. The fraction of sp³-hybridized carbons (Fsp3) is 0.160. The summed E-state index contributed by atoms with van der Waals surface area (Å²) in [6.45, 7) is 6.17. The van der Waals surface area contributed by atoms with E-state index in [0.717, 1.165) is 24.2 Å². The van der Waals surface area contributed by atoms with Gasteiger partial charge in [-0.1, -0.05) is 49.7 Å². The maximum Gasteiger partial charge on any atom is 0.263 e. The molecule has 30 heavy (non-hydrogen) atoms. The highest BCUT2D eigenvalue weighted by molar-refractivity contribution is 6.24. The molecule has 5 heteroatoms. The van der Waals surface area contributed by atoms with Crippen molar-refractivity contribution in [1.29, 1.82) is 0 Å². The molecule has 3 aromatic carbocycles. The Balaban J connectivity index is 1.92. The smallest absolute Gasteiger partial charge is 0.263 e. The van der Waals surface area contributed by atoms with Crippen molar-refractivity contribution in [1.82, 2.24) is 4.90 Å². The molecule has 1 heterocycles. The van der Waals surface area contributed by atoms with Crippen LogP contribution in [0.15, 0.2) is 77.8 Å². The standard InChI is InChI=1S/C25H23N3O2/c1-3-4-17-27-24(29)19-13-10-16-22(23(19)25(27)30)28(18-11-6-5-7-12-18)21-15-9-8-14-20(21)26-2/h5-16H,2-4,17H2,1H3. The summed E-state index contributed by atoms with van der Waals surface area (Å²) in [5.41, 5.74) is 3.89. The lowest BCUT2D eigenvalue weighted by molar-refractivity contribution is 0.0652. The number of hydrogen-bond acceptors (Lipinski definition) is 4. The summed E-state index contributed by atoms with van der Waals surface area (Å²) in [6.07, 6.45) is 1.70. The molecule has 0 atom stereocenters. The Kier molecular flexibility index (Phi) is 5.44. The van der Waals surface area contributed by atoms with E-state index in [1.54, 1.807) is 6.07 Å². The highest BCUT2D eigenvalue weighted by Gasteiger charge is 2.38. The minimum Gasteiger partial charge on any atom is -0.307 e. The molecule has 0 fully saturated rings. The fourth-order valence-electron chi connectivity index (χ4n) is 3.79. The lowest BCUT2D eigenvalue weighted by Crippen LogP contribution is -2.30. The van der Waals surface area contributed by atoms with Crippen LogP contribution in [-0.4, -0.2) is 30.0 Å². The quantitative estimate of drug-likeness (QED) is 0.369. The largest absolute Gasteiger partial charge is 0.307 e. The third-order valence-electron chi connectivity index (χ3n) is 5.26. The number of amides is 2. The third-order valence-corrected chi connectivity index (χ3v) is 5.26. The summed E-state index contributed by atoms with van der Waals surface area (Å²) in [7, 11) is 0. The van der Waals surface area contributed by atoms with Crippen LogP contribution < -0.4 is 4.90 Å². The Morgan fingerprint density at radius 2 is 1.57 bits per heavy atom. The van der Waals surface area contributed by atoms with Crippen LogP contribution in [-0.2, 0) is 0 Å². The number of benzene rings is 3. The SMILES string of the molecule is C=Nc1ccccc1N(c1ccccc1)c1cccc2c1C(=O)N(CCCC)C2=O. The molecule has 150 valence electrons. The normalized spacial score (nSPS) is 12.8. The van der Waals surface area contributed by atoms with Gasteiger partial charge in [-0.15, -0.1) is 0 Å². The van der Waals surface area contributed by atoms with E-state index in [9.17, 15) is 9.59 Å². The molecule has 0 saturated heterocycles. The molecule has 0 saturated carbocycles. The number of imide groups is 1. The Hall–Kier alpha value is -3.73.